The third-order valence-corrected chi connectivity index (χ3v) is 4.36. The first kappa shape index (κ1) is 15.6. The van der Waals surface area contributed by atoms with Gasteiger partial charge in [0.1, 0.15) is 5.75 Å². The minimum Gasteiger partial charge on any atom is -0.482 e. The van der Waals surface area contributed by atoms with E-state index in [0.29, 0.717) is 22.8 Å². The van der Waals surface area contributed by atoms with Gasteiger partial charge in [0.15, 0.2) is 12.3 Å². The van der Waals surface area contributed by atoms with E-state index < -0.39 is 0 Å². The van der Waals surface area contributed by atoms with Crippen molar-refractivity contribution in [3.05, 3.63) is 36.2 Å². The Hall–Kier alpha value is -2.87. The van der Waals surface area contributed by atoms with Crippen molar-refractivity contribution in [2.24, 2.45) is 0 Å². The first-order chi connectivity index (χ1) is 12.2. The van der Waals surface area contributed by atoms with Crippen molar-refractivity contribution in [2.75, 3.05) is 30.3 Å². The summed E-state index contributed by atoms with van der Waals surface area (Å²) in [5, 5.41) is 13.3. The second-order valence-electron chi connectivity index (χ2n) is 6.18. The molecule has 3 heterocycles. The summed E-state index contributed by atoms with van der Waals surface area (Å²) >= 11 is 0. The molecule has 8 heteroatoms. The zero-order chi connectivity index (χ0) is 17.2. The van der Waals surface area contributed by atoms with Gasteiger partial charge in [0.2, 0.25) is 0 Å². The van der Waals surface area contributed by atoms with Crippen molar-refractivity contribution < 1.29 is 14.3 Å². The van der Waals surface area contributed by atoms with Gasteiger partial charge in [-0.05, 0) is 37.6 Å². The van der Waals surface area contributed by atoms with Crippen LogP contribution in [0.4, 0.5) is 11.4 Å². The van der Waals surface area contributed by atoms with Gasteiger partial charge in [-0.15, -0.1) is 0 Å². The van der Waals surface area contributed by atoms with E-state index in [1.165, 1.54) is 0 Å². The molecule has 0 radical (unpaired) electrons. The number of fused-ring (bicyclic) bond motifs is 1. The Labute approximate surface area is 144 Å². The van der Waals surface area contributed by atoms with Crippen LogP contribution >= 0.6 is 0 Å². The quantitative estimate of drug-likeness (QED) is 0.784. The van der Waals surface area contributed by atoms with E-state index in [4.69, 9.17) is 4.74 Å². The number of carbonyl (C=O) groups excluding carboxylic acids is 2. The van der Waals surface area contributed by atoms with Crippen LogP contribution in [-0.2, 0) is 4.79 Å². The minimum atomic E-state index is -0.276. The highest BCUT2D eigenvalue weighted by Gasteiger charge is 2.19. The number of amides is 2. The molecule has 1 atom stereocenters. The number of carbonyl (C=O) groups is 2. The van der Waals surface area contributed by atoms with E-state index in [9.17, 15) is 9.59 Å². The van der Waals surface area contributed by atoms with E-state index in [0.717, 1.165) is 25.9 Å². The summed E-state index contributed by atoms with van der Waals surface area (Å²) in [5.74, 6) is 0.0746. The number of benzene rings is 1. The summed E-state index contributed by atoms with van der Waals surface area (Å²) < 4.78 is 7.21. The Morgan fingerprint density at radius 2 is 2.28 bits per heavy atom. The van der Waals surface area contributed by atoms with E-state index >= 15 is 0 Å². The van der Waals surface area contributed by atoms with Gasteiger partial charge in [-0.1, -0.05) is 0 Å². The Morgan fingerprint density at radius 3 is 3.12 bits per heavy atom. The highest BCUT2D eigenvalue weighted by molar-refractivity contribution is 6.03. The Kier molecular flexibility index (Phi) is 4.10. The largest absolute Gasteiger partial charge is 0.482 e. The van der Waals surface area contributed by atoms with Gasteiger partial charge >= 0.3 is 0 Å². The van der Waals surface area contributed by atoms with Crippen LogP contribution in [0.2, 0.25) is 0 Å². The molecule has 0 saturated carbocycles. The molecular formula is C17H19N5O3. The van der Waals surface area contributed by atoms with Crippen LogP contribution in [0.1, 0.15) is 29.4 Å². The number of hydrogen-bond donors (Lipinski definition) is 3. The number of nitrogens with one attached hydrogen (secondary N) is 3. The molecule has 1 aromatic carbocycles. The van der Waals surface area contributed by atoms with Crippen molar-refractivity contribution in [3.8, 4) is 5.75 Å². The predicted molar refractivity (Wildman–Crippen MR) is 91.9 cm³/mol. The molecule has 2 aliphatic heterocycles. The fourth-order valence-corrected chi connectivity index (χ4v) is 3.07. The number of hydrogen-bond acceptors (Lipinski definition) is 5. The highest BCUT2D eigenvalue weighted by Crippen LogP contribution is 2.30. The zero-order valence-corrected chi connectivity index (χ0v) is 13.6. The molecule has 1 aromatic heterocycles. The molecule has 0 bridgehead atoms. The molecule has 1 fully saturated rings. The van der Waals surface area contributed by atoms with Gasteiger partial charge < -0.3 is 20.7 Å². The molecule has 3 N–H and O–H groups in total. The van der Waals surface area contributed by atoms with Crippen LogP contribution in [0.25, 0.3) is 0 Å². The number of piperidine rings is 1. The van der Waals surface area contributed by atoms with Gasteiger partial charge in [0, 0.05) is 24.5 Å². The van der Waals surface area contributed by atoms with Gasteiger partial charge in [0.25, 0.3) is 11.8 Å². The zero-order valence-electron chi connectivity index (χ0n) is 13.6. The van der Waals surface area contributed by atoms with Gasteiger partial charge in [-0.3, -0.25) is 14.3 Å². The molecule has 25 heavy (non-hydrogen) atoms. The topological polar surface area (TPSA) is 97.3 Å². The van der Waals surface area contributed by atoms with Crippen molar-refractivity contribution in [3.63, 3.8) is 0 Å². The molecule has 2 aliphatic rings. The SMILES string of the molecule is O=C1COc2cc(NC(=O)c3ccn(C4CCCNC4)n3)ccc2N1. The molecule has 0 spiro atoms. The minimum absolute atomic E-state index is 0.0236. The third-order valence-electron chi connectivity index (χ3n) is 4.36. The van der Waals surface area contributed by atoms with E-state index in [1.807, 2.05) is 10.9 Å². The smallest absolute Gasteiger partial charge is 0.276 e. The van der Waals surface area contributed by atoms with Crippen LogP contribution < -0.4 is 20.7 Å². The van der Waals surface area contributed by atoms with E-state index in [2.05, 4.69) is 21.0 Å². The van der Waals surface area contributed by atoms with Gasteiger partial charge in [-0.25, -0.2) is 0 Å². The van der Waals surface area contributed by atoms with E-state index in [-0.39, 0.29) is 24.5 Å². The predicted octanol–water partition coefficient (Wildman–Crippen LogP) is 1.39. The summed E-state index contributed by atoms with van der Waals surface area (Å²) in [6.45, 7) is 1.88. The average Bonchev–Trinajstić information content (AvgIpc) is 3.13. The van der Waals surface area contributed by atoms with Crippen molar-refractivity contribution in [2.45, 2.75) is 18.9 Å². The lowest BCUT2D eigenvalue weighted by Gasteiger charge is -2.22. The molecule has 1 saturated heterocycles. The lowest BCUT2D eigenvalue weighted by Crippen LogP contribution is -2.32. The monoisotopic (exact) mass is 341 g/mol. The van der Waals surface area contributed by atoms with Crippen LogP contribution in [0.3, 0.4) is 0 Å². The maximum absolute atomic E-state index is 12.4. The number of nitrogens with zero attached hydrogens (tertiary/aromatic N) is 2. The lowest BCUT2D eigenvalue weighted by atomic mass is 10.1. The maximum atomic E-state index is 12.4. The van der Waals surface area contributed by atoms with Crippen LogP contribution in [0.5, 0.6) is 5.75 Å². The van der Waals surface area contributed by atoms with Gasteiger partial charge in [-0.2, -0.15) is 5.10 Å². The normalized spacial score (nSPS) is 19.5. The van der Waals surface area contributed by atoms with Gasteiger partial charge in [0.05, 0.1) is 11.7 Å². The second kappa shape index (κ2) is 6.56. The average molecular weight is 341 g/mol. The molecule has 2 aromatic rings. The first-order valence-electron chi connectivity index (χ1n) is 8.33. The molecule has 1 unspecified atom stereocenters. The van der Waals surface area contributed by atoms with Crippen molar-refractivity contribution in [1.29, 1.82) is 0 Å². The molecule has 2 amide bonds. The van der Waals surface area contributed by atoms with Crippen molar-refractivity contribution in [1.82, 2.24) is 15.1 Å². The van der Waals surface area contributed by atoms with Crippen LogP contribution in [0.15, 0.2) is 30.5 Å². The molecule has 4 rings (SSSR count). The second-order valence-corrected chi connectivity index (χ2v) is 6.18. The number of rotatable bonds is 3. The van der Waals surface area contributed by atoms with Crippen LogP contribution in [0, 0.1) is 0 Å². The number of aromatic nitrogens is 2. The summed E-state index contributed by atoms with van der Waals surface area (Å²) in [7, 11) is 0. The lowest BCUT2D eigenvalue weighted by molar-refractivity contribution is -0.118. The third kappa shape index (κ3) is 3.34. The maximum Gasteiger partial charge on any atom is 0.276 e. The fraction of sp³-hybridized carbons (Fsp3) is 0.353. The number of ether oxygens (including phenoxy) is 1. The summed E-state index contributed by atoms with van der Waals surface area (Å²) in [6.07, 6.45) is 4.01. The standard InChI is InChI=1S/C17H19N5O3/c23-16-10-25-15-8-11(3-4-13(15)20-16)19-17(24)14-5-7-22(21-14)12-2-1-6-18-9-12/h3-5,7-8,12,18H,1-2,6,9-10H2,(H,19,24)(H,20,23). The Morgan fingerprint density at radius 1 is 1.36 bits per heavy atom. The number of anilines is 2. The summed E-state index contributed by atoms with van der Waals surface area (Å²) in [6, 6.07) is 7.12. The van der Waals surface area contributed by atoms with E-state index in [1.54, 1.807) is 24.3 Å². The molecular weight excluding hydrogens is 322 g/mol. The Bertz CT molecular complexity index is 810. The summed E-state index contributed by atoms with van der Waals surface area (Å²) in [5.41, 5.74) is 1.56. The molecule has 8 nitrogen and oxygen atoms in total. The van der Waals surface area contributed by atoms with Crippen molar-refractivity contribution >= 4 is 23.2 Å². The van der Waals surface area contributed by atoms with Crippen LogP contribution in [-0.4, -0.2) is 41.3 Å². The molecule has 130 valence electrons. The first-order valence-corrected chi connectivity index (χ1v) is 8.33. The molecule has 0 aliphatic carbocycles. The fourth-order valence-electron chi connectivity index (χ4n) is 3.07. The summed E-state index contributed by atoms with van der Waals surface area (Å²) in [4.78, 5) is 23.7. The highest BCUT2D eigenvalue weighted by atomic mass is 16.5. The Balaban J connectivity index is 1.45.